The predicted molar refractivity (Wildman–Crippen MR) is 135 cm³/mol. The Hall–Kier alpha value is -3.40. The summed E-state index contributed by atoms with van der Waals surface area (Å²) in [6.07, 6.45) is 0.664. The van der Waals surface area contributed by atoms with E-state index in [9.17, 15) is 9.59 Å². The summed E-state index contributed by atoms with van der Waals surface area (Å²) in [6.45, 7) is 10.2. The molecule has 3 aromatic rings. The van der Waals surface area contributed by atoms with E-state index in [2.05, 4.69) is 27.7 Å². The van der Waals surface area contributed by atoms with Crippen LogP contribution in [0.2, 0.25) is 0 Å². The van der Waals surface area contributed by atoms with Crippen molar-refractivity contribution in [2.24, 2.45) is 0 Å². The van der Waals surface area contributed by atoms with Gasteiger partial charge in [0.25, 0.3) is 5.91 Å². The molecule has 3 aromatic carbocycles. The lowest BCUT2D eigenvalue weighted by molar-refractivity contribution is -0.117. The van der Waals surface area contributed by atoms with Gasteiger partial charge in [0.15, 0.2) is 0 Å². The molecule has 2 atom stereocenters. The molecule has 0 aromatic heterocycles. The van der Waals surface area contributed by atoms with Crippen molar-refractivity contribution in [3.05, 3.63) is 95.6 Å². The van der Waals surface area contributed by atoms with Gasteiger partial charge in [0.05, 0.1) is 6.04 Å². The monoisotopic (exact) mass is 440 g/mol. The standard InChI is InChI=1S/C29H32N2O2/c1-20-19-27(25-13-9-10-14-26(25)30(20)21(2)32)31(24-11-7-6-8-12-24)28(33)22-15-17-23(18-16-22)29(3,4)5/h6-18,20,27H,19H2,1-5H3/t20-,27-/m1/s1. The zero-order valence-electron chi connectivity index (χ0n) is 20.1. The highest BCUT2D eigenvalue weighted by atomic mass is 16.2. The molecule has 4 heteroatoms. The summed E-state index contributed by atoms with van der Waals surface area (Å²) in [7, 11) is 0. The fourth-order valence-electron chi connectivity index (χ4n) is 4.79. The lowest BCUT2D eigenvalue weighted by Gasteiger charge is -2.43. The third-order valence-electron chi connectivity index (χ3n) is 6.46. The highest BCUT2D eigenvalue weighted by Gasteiger charge is 2.38. The average molecular weight is 441 g/mol. The van der Waals surface area contributed by atoms with Gasteiger partial charge in [0, 0.05) is 29.9 Å². The normalized spacial score (nSPS) is 17.9. The van der Waals surface area contributed by atoms with Gasteiger partial charge in [-0.15, -0.1) is 0 Å². The molecule has 0 N–H and O–H groups in total. The number of benzene rings is 3. The minimum Gasteiger partial charge on any atom is -0.309 e. The van der Waals surface area contributed by atoms with Crippen LogP contribution in [0.3, 0.4) is 0 Å². The number of amides is 2. The van der Waals surface area contributed by atoms with Gasteiger partial charge in [0.1, 0.15) is 0 Å². The van der Waals surface area contributed by atoms with E-state index < -0.39 is 0 Å². The zero-order chi connectivity index (χ0) is 23.8. The van der Waals surface area contributed by atoms with Gasteiger partial charge in [-0.05, 0) is 60.2 Å². The maximum Gasteiger partial charge on any atom is 0.258 e. The van der Waals surface area contributed by atoms with Crippen LogP contribution < -0.4 is 9.80 Å². The number of carbonyl (C=O) groups excluding carboxylic acids is 2. The van der Waals surface area contributed by atoms with Gasteiger partial charge in [-0.25, -0.2) is 0 Å². The van der Waals surface area contributed by atoms with Crippen LogP contribution in [0.15, 0.2) is 78.9 Å². The van der Waals surface area contributed by atoms with E-state index in [1.807, 2.05) is 88.7 Å². The van der Waals surface area contributed by atoms with E-state index in [1.165, 1.54) is 5.56 Å². The first-order chi connectivity index (χ1) is 15.7. The molecule has 0 unspecified atom stereocenters. The Labute approximate surface area is 196 Å². The van der Waals surface area contributed by atoms with E-state index >= 15 is 0 Å². The van der Waals surface area contributed by atoms with E-state index in [-0.39, 0.29) is 29.3 Å². The molecule has 170 valence electrons. The van der Waals surface area contributed by atoms with Crippen molar-refractivity contribution in [1.29, 1.82) is 0 Å². The van der Waals surface area contributed by atoms with Crippen LogP contribution in [0.1, 0.15) is 68.6 Å². The average Bonchev–Trinajstić information content (AvgIpc) is 2.79. The van der Waals surface area contributed by atoms with E-state index in [1.54, 1.807) is 6.92 Å². The highest BCUT2D eigenvalue weighted by Crippen LogP contribution is 2.42. The SMILES string of the molecule is CC(=O)N1c2ccccc2[C@H](N(C(=O)c2ccc(C(C)(C)C)cc2)c2ccccc2)C[C@H]1C. The Morgan fingerprint density at radius 2 is 1.48 bits per heavy atom. The van der Waals surface area contributed by atoms with Crippen molar-refractivity contribution in [3.8, 4) is 0 Å². The van der Waals surface area contributed by atoms with E-state index in [0.717, 1.165) is 16.9 Å². The Balaban J connectivity index is 1.81. The topological polar surface area (TPSA) is 40.6 Å². The molecule has 1 aliphatic heterocycles. The number of fused-ring (bicyclic) bond motifs is 1. The van der Waals surface area contributed by atoms with Crippen molar-refractivity contribution in [1.82, 2.24) is 0 Å². The Morgan fingerprint density at radius 3 is 2.09 bits per heavy atom. The summed E-state index contributed by atoms with van der Waals surface area (Å²) in [5.74, 6) is -0.0197. The fourth-order valence-corrected chi connectivity index (χ4v) is 4.79. The number of nitrogens with zero attached hydrogens (tertiary/aromatic N) is 2. The summed E-state index contributed by atoms with van der Waals surface area (Å²) in [6, 6.07) is 25.5. The largest absolute Gasteiger partial charge is 0.309 e. The molecular weight excluding hydrogens is 408 g/mol. The Morgan fingerprint density at radius 1 is 0.879 bits per heavy atom. The molecule has 1 heterocycles. The zero-order valence-corrected chi connectivity index (χ0v) is 20.1. The van der Waals surface area contributed by atoms with Gasteiger partial charge in [-0.3, -0.25) is 9.59 Å². The van der Waals surface area contributed by atoms with Crippen molar-refractivity contribution in [2.45, 2.75) is 58.5 Å². The first-order valence-electron chi connectivity index (χ1n) is 11.6. The van der Waals surface area contributed by atoms with Crippen LogP contribution in [-0.4, -0.2) is 17.9 Å². The van der Waals surface area contributed by atoms with Crippen molar-refractivity contribution >= 4 is 23.2 Å². The molecule has 1 aliphatic rings. The molecule has 0 saturated carbocycles. The van der Waals surface area contributed by atoms with Crippen LogP contribution in [0.25, 0.3) is 0 Å². The summed E-state index contributed by atoms with van der Waals surface area (Å²) in [5, 5.41) is 0. The van der Waals surface area contributed by atoms with Crippen LogP contribution >= 0.6 is 0 Å². The van der Waals surface area contributed by atoms with Crippen LogP contribution in [0.4, 0.5) is 11.4 Å². The molecule has 2 amide bonds. The fraction of sp³-hybridized carbons (Fsp3) is 0.310. The van der Waals surface area contributed by atoms with Gasteiger partial charge in [0.2, 0.25) is 5.91 Å². The molecule has 0 aliphatic carbocycles. The van der Waals surface area contributed by atoms with Crippen LogP contribution in [0.5, 0.6) is 0 Å². The quantitative estimate of drug-likeness (QED) is 0.465. The second-order valence-electron chi connectivity index (χ2n) is 9.89. The summed E-state index contributed by atoms with van der Waals surface area (Å²) >= 11 is 0. The van der Waals surface area contributed by atoms with Gasteiger partial charge in [-0.2, -0.15) is 0 Å². The minimum atomic E-state index is -0.177. The van der Waals surface area contributed by atoms with E-state index in [4.69, 9.17) is 0 Å². The number of para-hydroxylation sites is 2. The summed E-state index contributed by atoms with van der Waals surface area (Å²) in [5.41, 5.74) is 4.60. The number of anilines is 2. The Kier molecular flexibility index (Phi) is 6.11. The van der Waals surface area contributed by atoms with Crippen LogP contribution in [-0.2, 0) is 10.2 Å². The second-order valence-corrected chi connectivity index (χ2v) is 9.89. The number of hydrogen-bond acceptors (Lipinski definition) is 2. The smallest absolute Gasteiger partial charge is 0.258 e. The van der Waals surface area contributed by atoms with E-state index in [0.29, 0.717) is 12.0 Å². The molecule has 0 fully saturated rings. The summed E-state index contributed by atoms with van der Waals surface area (Å²) < 4.78 is 0. The second kappa shape index (κ2) is 8.86. The molecule has 0 radical (unpaired) electrons. The molecule has 0 spiro atoms. The maximum absolute atomic E-state index is 14.0. The molecule has 33 heavy (non-hydrogen) atoms. The minimum absolute atomic E-state index is 0.0174. The third kappa shape index (κ3) is 4.43. The van der Waals surface area contributed by atoms with Crippen LogP contribution in [0, 0.1) is 0 Å². The number of rotatable bonds is 3. The molecule has 4 nitrogen and oxygen atoms in total. The lowest BCUT2D eigenvalue weighted by Crippen LogP contribution is -2.47. The maximum atomic E-state index is 14.0. The highest BCUT2D eigenvalue weighted by molar-refractivity contribution is 6.07. The molecule has 0 bridgehead atoms. The molecule has 4 rings (SSSR count). The van der Waals surface area contributed by atoms with Crippen molar-refractivity contribution < 1.29 is 9.59 Å². The number of carbonyl (C=O) groups is 2. The Bertz CT molecular complexity index is 1150. The first-order valence-corrected chi connectivity index (χ1v) is 11.6. The van der Waals surface area contributed by atoms with Gasteiger partial charge < -0.3 is 9.80 Å². The summed E-state index contributed by atoms with van der Waals surface area (Å²) in [4.78, 5) is 30.2. The number of hydrogen-bond donors (Lipinski definition) is 0. The van der Waals surface area contributed by atoms with Gasteiger partial charge >= 0.3 is 0 Å². The van der Waals surface area contributed by atoms with Gasteiger partial charge in [-0.1, -0.05) is 69.3 Å². The third-order valence-corrected chi connectivity index (χ3v) is 6.46. The van der Waals surface area contributed by atoms with Crippen molar-refractivity contribution in [3.63, 3.8) is 0 Å². The predicted octanol–water partition coefficient (Wildman–Crippen LogP) is 6.52. The lowest BCUT2D eigenvalue weighted by atomic mass is 9.86. The molecule has 0 saturated heterocycles. The molecular formula is C29H32N2O2. The first kappa shape index (κ1) is 22.8. The van der Waals surface area contributed by atoms with Crippen molar-refractivity contribution in [2.75, 3.05) is 9.80 Å².